The van der Waals surface area contributed by atoms with Gasteiger partial charge in [0.05, 0.1) is 27.1 Å². The minimum absolute atomic E-state index is 0.0860. The Morgan fingerprint density at radius 2 is 1.90 bits per heavy atom. The third-order valence-corrected chi connectivity index (χ3v) is 5.92. The summed E-state index contributed by atoms with van der Waals surface area (Å²) in [5.41, 5.74) is 0.746. The average molecular weight is 452 g/mol. The predicted octanol–water partition coefficient (Wildman–Crippen LogP) is 4.67. The van der Waals surface area contributed by atoms with Crippen molar-refractivity contribution >= 4 is 29.1 Å². The van der Waals surface area contributed by atoms with Gasteiger partial charge >= 0.3 is 6.18 Å². The van der Waals surface area contributed by atoms with Crippen LogP contribution in [0.5, 0.6) is 0 Å². The van der Waals surface area contributed by atoms with Crippen LogP contribution in [0, 0.1) is 13.8 Å². The number of alkyl halides is 3. The molecule has 0 radical (unpaired) electrons. The summed E-state index contributed by atoms with van der Waals surface area (Å²) < 4.78 is 42.4. The van der Waals surface area contributed by atoms with Crippen LogP contribution in [0.2, 0.25) is 10.0 Å². The number of hydrogen-bond donors (Lipinski definition) is 1. The summed E-state index contributed by atoms with van der Waals surface area (Å²) in [6.07, 6.45) is -2.59. The molecule has 2 heterocycles. The fourth-order valence-electron chi connectivity index (χ4n) is 3.22. The lowest BCUT2D eigenvalue weighted by Crippen LogP contribution is -2.33. The lowest BCUT2D eigenvalue weighted by molar-refractivity contribution is -0.141. The van der Waals surface area contributed by atoms with Gasteiger partial charge in [-0.1, -0.05) is 23.2 Å². The molecule has 0 aliphatic heterocycles. The van der Waals surface area contributed by atoms with Gasteiger partial charge in [-0.2, -0.15) is 23.4 Å². The maximum Gasteiger partial charge on any atom is 0.436 e. The second kappa shape index (κ2) is 8.18. The number of carbonyl (C=O) groups excluding carboxylic acids is 1. The molecule has 1 N–H and O–H groups in total. The van der Waals surface area contributed by atoms with Gasteiger partial charge in [0.15, 0.2) is 5.69 Å². The monoisotopic (exact) mass is 451 g/mol. The normalized spacial score (nSPS) is 15.6. The van der Waals surface area contributed by atoms with Gasteiger partial charge in [0, 0.05) is 19.0 Å². The Hall–Kier alpha value is -1.74. The Labute approximate surface area is 176 Å². The van der Waals surface area contributed by atoms with Gasteiger partial charge in [-0.3, -0.25) is 14.2 Å². The summed E-state index contributed by atoms with van der Waals surface area (Å²) in [6.45, 7) is 6.11. The molecule has 160 valence electrons. The van der Waals surface area contributed by atoms with Crippen molar-refractivity contribution in [2.45, 2.75) is 64.7 Å². The molecule has 6 nitrogen and oxygen atoms in total. The van der Waals surface area contributed by atoms with Crippen LogP contribution in [0.4, 0.5) is 13.2 Å². The SMILES string of the molecule is Cc1nn(CCCNC(=O)C(C)n2nc(C(F)(F)F)c(Cl)c2C2CC2)c(C)c1Cl. The molecule has 0 bridgehead atoms. The highest BCUT2D eigenvalue weighted by Crippen LogP contribution is 2.47. The van der Waals surface area contributed by atoms with Crippen molar-refractivity contribution in [1.29, 1.82) is 0 Å². The number of amides is 1. The fourth-order valence-corrected chi connectivity index (χ4v) is 3.74. The molecule has 0 saturated heterocycles. The van der Waals surface area contributed by atoms with Crippen LogP contribution in [-0.2, 0) is 17.5 Å². The van der Waals surface area contributed by atoms with Crippen molar-refractivity contribution in [2.24, 2.45) is 0 Å². The number of nitrogens with one attached hydrogen (secondary N) is 1. The maximum atomic E-state index is 13.2. The number of aryl methyl sites for hydroxylation is 2. The number of aromatic nitrogens is 4. The Bertz CT molecular complexity index is 918. The molecule has 1 saturated carbocycles. The van der Waals surface area contributed by atoms with E-state index >= 15 is 0 Å². The molecular formula is C18H22Cl2F3N5O. The number of carbonyl (C=O) groups is 1. The molecule has 1 unspecified atom stereocenters. The Kier molecular flexibility index (Phi) is 6.19. The number of nitrogens with zero attached hydrogens (tertiary/aromatic N) is 4. The molecule has 29 heavy (non-hydrogen) atoms. The summed E-state index contributed by atoms with van der Waals surface area (Å²) in [5, 5.41) is 10.9. The number of hydrogen-bond acceptors (Lipinski definition) is 3. The molecule has 0 spiro atoms. The van der Waals surface area contributed by atoms with Crippen molar-refractivity contribution in [3.05, 3.63) is 32.8 Å². The summed E-state index contributed by atoms with van der Waals surface area (Å²) in [6, 6.07) is -0.901. The minimum atomic E-state index is -4.66. The van der Waals surface area contributed by atoms with E-state index in [1.54, 1.807) is 4.68 Å². The van der Waals surface area contributed by atoms with Crippen LogP contribution in [0.1, 0.15) is 60.9 Å². The zero-order valence-electron chi connectivity index (χ0n) is 16.3. The van der Waals surface area contributed by atoms with E-state index in [9.17, 15) is 18.0 Å². The van der Waals surface area contributed by atoms with E-state index in [0.29, 0.717) is 30.2 Å². The molecule has 1 aliphatic rings. The third-order valence-electron chi connectivity index (χ3n) is 5.01. The second-order valence-corrected chi connectivity index (χ2v) is 8.05. The molecular weight excluding hydrogens is 430 g/mol. The highest BCUT2D eigenvalue weighted by atomic mass is 35.5. The quantitative estimate of drug-likeness (QED) is 0.622. The van der Waals surface area contributed by atoms with Crippen LogP contribution in [0.15, 0.2) is 0 Å². The average Bonchev–Trinajstić information content (AvgIpc) is 3.37. The summed E-state index contributed by atoms with van der Waals surface area (Å²) >= 11 is 12.1. The van der Waals surface area contributed by atoms with E-state index in [4.69, 9.17) is 23.2 Å². The summed E-state index contributed by atoms with van der Waals surface area (Å²) in [5.74, 6) is -0.497. The van der Waals surface area contributed by atoms with E-state index in [1.165, 1.54) is 6.92 Å². The first-order chi connectivity index (χ1) is 13.5. The molecule has 1 fully saturated rings. The highest BCUT2D eigenvalue weighted by Gasteiger charge is 2.43. The minimum Gasteiger partial charge on any atom is -0.354 e. The van der Waals surface area contributed by atoms with Crippen molar-refractivity contribution in [1.82, 2.24) is 24.9 Å². The summed E-state index contributed by atoms with van der Waals surface area (Å²) in [4.78, 5) is 12.5. The van der Waals surface area contributed by atoms with Crippen LogP contribution in [-0.4, -0.2) is 32.0 Å². The van der Waals surface area contributed by atoms with Gasteiger partial charge in [-0.15, -0.1) is 0 Å². The van der Waals surface area contributed by atoms with Crippen LogP contribution >= 0.6 is 23.2 Å². The lowest BCUT2D eigenvalue weighted by Gasteiger charge is -2.16. The Morgan fingerprint density at radius 1 is 1.24 bits per heavy atom. The number of halogens is 5. The molecule has 1 amide bonds. The topological polar surface area (TPSA) is 64.7 Å². The first-order valence-corrected chi connectivity index (χ1v) is 10.1. The molecule has 3 rings (SSSR count). The van der Waals surface area contributed by atoms with Crippen LogP contribution < -0.4 is 5.32 Å². The number of rotatable bonds is 7. The zero-order valence-corrected chi connectivity index (χ0v) is 17.8. The van der Waals surface area contributed by atoms with Gasteiger partial charge in [0.1, 0.15) is 6.04 Å². The van der Waals surface area contributed by atoms with Crippen molar-refractivity contribution in [3.63, 3.8) is 0 Å². The Balaban J connectivity index is 1.63. The standard InChI is InChI=1S/C18H22Cl2F3N5O/c1-9-13(19)10(2)27(25-9)8-4-7-24-17(29)11(3)28-15(12-5-6-12)14(20)16(26-28)18(21,22)23/h11-12H,4-8H2,1-3H3,(H,24,29). The zero-order chi connectivity index (χ0) is 21.5. The third kappa shape index (κ3) is 4.55. The highest BCUT2D eigenvalue weighted by molar-refractivity contribution is 6.32. The van der Waals surface area contributed by atoms with Gasteiger partial charge in [-0.25, -0.2) is 0 Å². The van der Waals surface area contributed by atoms with Crippen LogP contribution in [0.25, 0.3) is 0 Å². The van der Waals surface area contributed by atoms with Gasteiger partial charge in [-0.05, 0) is 40.0 Å². The van der Waals surface area contributed by atoms with Crippen molar-refractivity contribution in [2.75, 3.05) is 6.54 Å². The predicted molar refractivity (Wildman–Crippen MR) is 103 cm³/mol. The van der Waals surface area contributed by atoms with E-state index in [0.717, 1.165) is 28.9 Å². The van der Waals surface area contributed by atoms with Gasteiger partial charge < -0.3 is 5.32 Å². The molecule has 11 heteroatoms. The van der Waals surface area contributed by atoms with Gasteiger partial charge in [0.2, 0.25) is 5.91 Å². The fraction of sp³-hybridized carbons (Fsp3) is 0.611. The van der Waals surface area contributed by atoms with E-state index < -0.39 is 28.8 Å². The van der Waals surface area contributed by atoms with E-state index in [2.05, 4.69) is 15.5 Å². The molecule has 1 atom stereocenters. The lowest BCUT2D eigenvalue weighted by atomic mass is 10.2. The van der Waals surface area contributed by atoms with Gasteiger partial charge in [0.25, 0.3) is 0 Å². The second-order valence-electron chi connectivity index (χ2n) is 7.29. The van der Waals surface area contributed by atoms with E-state index in [1.807, 2.05) is 13.8 Å². The Morgan fingerprint density at radius 3 is 2.41 bits per heavy atom. The molecule has 2 aromatic rings. The van der Waals surface area contributed by atoms with Crippen molar-refractivity contribution in [3.8, 4) is 0 Å². The largest absolute Gasteiger partial charge is 0.436 e. The van der Waals surface area contributed by atoms with Crippen molar-refractivity contribution < 1.29 is 18.0 Å². The first kappa shape index (κ1) is 22.0. The molecule has 0 aromatic carbocycles. The molecule has 2 aromatic heterocycles. The van der Waals surface area contributed by atoms with E-state index in [-0.39, 0.29) is 5.92 Å². The smallest absolute Gasteiger partial charge is 0.354 e. The first-order valence-electron chi connectivity index (χ1n) is 9.34. The molecule has 1 aliphatic carbocycles. The summed E-state index contributed by atoms with van der Waals surface area (Å²) in [7, 11) is 0. The maximum absolute atomic E-state index is 13.2. The van der Waals surface area contributed by atoms with Crippen LogP contribution in [0.3, 0.4) is 0 Å².